The normalized spacial score (nSPS) is 24.8. The van der Waals surface area contributed by atoms with Crippen LogP contribution in [0, 0.1) is 0 Å². The SMILES string of the molecule is CC(=O)O[C@@H]1O[C@H](COC(O[Si](C)(C)C)c2ccccc2)[C@@H](OC(C)=O)[C@H](OC(C)=O)[C@H]1OC(C)=O. The first kappa shape index (κ1) is 29.4. The third-order valence-electron chi connectivity index (χ3n) is 4.72. The van der Waals surface area contributed by atoms with Gasteiger partial charge in [-0.1, -0.05) is 30.3 Å². The Bertz CT molecular complexity index is 914. The van der Waals surface area contributed by atoms with Gasteiger partial charge in [0.05, 0.1) is 6.61 Å². The summed E-state index contributed by atoms with van der Waals surface area (Å²) in [5.74, 6) is -2.91. The summed E-state index contributed by atoms with van der Waals surface area (Å²) in [5, 5.41) is 0. The van der Waals surface area contributed by atoms with Crippen LogP contribution in [-0.4, -0.2) is 69.5 Å². The minimum absolute atomic E-state index is 0.204. The molecular formula is C24H34O11Si. The molecule has 36 heavy (non-hydrogen) atoms. The van der Waals surface area contributed by atoms with Gasteiger partial charge in [0, 0.05) is 33.3 Å². The molecule has 0 saturated carbocycles. The van der Waals surface area contributed by atoms with Crippen LogP contribution in [0.5, 0.6) is 0 Å². The van der Waals surface area contributed by atoms with Crippen molar-refractivity contribution in [3.05, 3.63) is 35.9 Å². The zero-order chi connectivity index (χ0) is 27.0. The lowest BCUT2D eigenvalue weighted by molar-refractivity contribution is -0.305. The quantitative estimate of drug-likeness (QED) is 0.193. The fourth-order valence-corrected chi connectivity index (χ4v) is 4.41. The molecule has 1 unspecified atom stereocenters. The van der Waals surface area contributed by atoms with Gasteiger partial charge in [0.25, 0.3) is 0 Å². The van der Waals surface area contributed by atoms with Gasteiger partial charge in [-0.3, -0.25) is 19.2 Å². The average molecular weight is 527 g/mol. The molecule has 11 nitrogen and oxygen atoms in total. The Morgan fingerprint density at radius 2 is 1.28 bits per heavy atom. The van der Waals surface area contributed by atoms with Crippen molar-refractivity contribution in [2.45, 2.75) is 84.3 Å². The van der Waals surface area contributed by atoms with Crippen molar-refractivity contribution in [1.82, 2.24) is 0 Å². The lowest BCUT2D eigenvalue weighted by Gasteiger charge is -2.44. The Labute approximate surface area is 211 Å². The monoisotopic (exact) mass is 526 g/mol. The summed E-state index contributed by atoms with van der Waals surface area (Å²) < 4.78 is 39.5. The van der Waals surface area contributed by atoms with Crippen molar-refractivity contribution >= 4 is 32.2 Å². The third-order valence-corrected chi connectivity index (χ3v) is 5.64. The molecule has 1 aliphatic heterocycles. The summed E-state index contributed by atoms with van der Waals surface area (Å²) in [6, 6.07) is 9.23. The largest absolute Gasteiger partial charge is 0.456 e. The van der Waals surface area contributed by atoms with Crippen LogP contribution in [0.3, 0.4) is 0 Å². The van der Waals surface area contributed by atoms with Crippen LogP contribution >= 0.6 is 0 Å². The number of rotatable bonds is 10. The highest BCUT2D eigenvalue weighted by Crippen LogP contribution is 2.32. The van der Waals surface area contributed by atoms with Gasteiger partial charge in [-0.15, -0.1) is 0 Å². The predicted octanol–water partition coefficient (Wildman–Crippen LogP) is 2.64. The molecule has 0 radical (unpaired) electrons. The third kappa shape index (κ3) is 9.34. The first-order valence-corrected chi connectivity index (χ1v) is 14.9. The van der Waals surface area contributed by atoms with E-state index in [1.54, 1.807) is 0 Å². The van der Waals surface area contributed by atoms with Crippen LogP contribution in [0.2, 0.25) is 19.6 Å². The van der Waals surface area contributed by atoms with E-state index in [-0.39, 0.29) is 6.61 Å². The molecule has 0 aliphatic carbocycles. The summed E-state index contributed by atoms with van der Waals surface area (Å²) in [6.45, 7) is 10.4. The molecule has 12 heteroatoms. The molecule has 1 fully saturated rings. The van der Waals surface area contributed by atoms with Crippen molar-refractivity contribution in [2.75, 3.05) is 6.61 Å². The minimum Gasteiger partial charge on any atom is -0.456 e. The number of carbonyl (C=O) groups is 4. The second-order valence-electron chi connectivity index (χ2n) is 9.18. The summed E-state index contributed by atoms with van der Waals surface area (Å²) in [5.41, 5.74) is 0.755. The molecule has 1 aromatic rings. The van der Waals surface area contributed by atoms with Crippen LogP contribution in [0.25, 0.3) is 0 Å². The number of benzene rings is 1. The first-order valence-electron chi connectivity index (χ1n) is 11.5. The van der Waals surface area contributed by atoms with Crippen molar-refractivity contribution in [1.29, 1.82) is 0 Å². The molecule has 0 N–H and O–H groups in total. The highest BCUT2D eigenvalue weighted by atomic mass is 28.4. The fraction of sp³-hybridized carbons (Fsp3) is 0.583. The molecule has 0 bridgehead atoms. The van der Waals surface area contributed by atoms with E-state index < -0.39 is 69.2 Å². The molecule has 2 rings (SSSR count). The second-order valence-corrected chi connectivity index (χ2v) is 13.6. The molecule has 200 valence electrons. The molecule has 1 heterocycles. The summed E-state index contributed by atoms with van der Waals surface area (Å²) >= 11 is 0. The number of esters is 4. The number of hydrogen-bond donors (Lipinski definition) is 0. The zero-order valence-corrected chi connectivity index (χ0v) is 22.5. The Hall–Kier alpha value is -2.80. The van der Waals surface area contributed by atoms with Gasteiger partial charge in [-0.25, -0.2) is 0 Å². The van der Waals surface area contributed by atoms with Crippen molar-refractivity contribution in [2.24, 2.45) is 0 Å². The van der Waals surface area contributed by atoms with E-state index in [0.29, 0.717) is 0 Å². The highest BCUT2D eigenvalue weighted by Gasteiger charge is 2.53. The smallest absolute Gasteiger partial charge is 0.305 e. The summed E-state index contributed by atoms with van der Waals surface area (Å²) in [7, 11) is -2.08. The second kappa shape index (κ2) is 12.9. The molecular weight excluding hydrogens is 492 g/mol. The van der Waals surface area contributed by atoms with Gasteiger partial charge in [0.15, 0.2) is 26.8 Å². The van der Waals surface area contributed by atoms with Gasteiger partial charge in [0.1, 0.15) is 6.10 Å². The fourth-order valence-electron chi connectivity index (χ4n) is 3.56. The Kier molecular flexibility index (Phi) is 10.6. The standard InChI is InChI=1S/C24H34O11Si/c1-14(25)30-20-19(13-29-23(35-36(5,6)7)18-11-9-8-10-12-18)34-24(33-17(4)28)22(32-16(3)27)21(20)31-15(2)26/h8-12,19-24H,13H2,1-7H3/t19-,20-,21+,22-,23?,24-/m1/s1. The average Bonchev–Trinajstić information content (AvgIpc) is 2.74. The molecule has 1 aliphatic rings. The van der Waals surface area contributed by atoms with Crippen LogP contribution < -0.4 is 0 Å². The van der Waals surface area contributed by atoms with E-state index >= 15 is 0 Å². The minimum atomic E-state index is -2.08. The van der Waals surface area contributed by atoms with E-state index in [2.05, 4.69) is 0 Å². The lowest BCUT2D eigenvalue weighted by Crippen LogP contribution is -2.63. The van der Waals surface area contributed by atoms with Crippen LogP contribution in [0.1, 0.15) is 39.5 Å². The number of ether oxygens (including phenoxy) is 6. The van der Waals surface area contributed by atoms with E-state index in [1.165, 1.54) is 6.92 Å². The maximum atomic E-state index is 12.0. The Morgan fingerprint density at radius 1 is 0.778 bits per heavy atom. The maximum absolute atomic E-state index is 12.0. The van der Waals surface area contributed by atoms with Crippen molar-refractivity contribution < 1.29 is 52.0 Å². The van der Waals surface area contributed by atoms with Crippen LogP contribution in [-0.2, 0) is 52.0 Å². The molecule has 0 spiro atoms. The highest BCUT2D eigenvalue weighted by molar-refractivity contribution is 6.69. The molecule has 6 atom stereocenters. The summed E-state index contributed by atoms with van der Waals surface area (Å²) in [4.78, 5) is 47.4. The van der Waals surface area contributed by atoms with Gasteiger partial charge < -0.3 is 32.8 Å². The molecule has 0 aromatic heterocycles. The Morgan fingerprint density at radius 3 is 1.78 bits per heavy atom. The van der Waals surface area contributed by atoms with Gasteiger partial charge >= 0.3 is 23.9 Å². The van der Waals surface area contributed by atoms with E-state index in [0.717, 1.165) is 26.3 Å². The summed E-state index contributed by atoms with van der Waals surface area (Å²) in [6.07, 6.45) is -7.28. The first-order chi connectivity index (χ1) is 16.8. The maximum Gasteiger partial charge on any atom is 0.305 e. The van der Waals surface area contributed by atoms with Gasteiger partial charge in [-0.05, 0) is 19.6 Å². The Balaban J connectivity index is 2.41. The topological polar surface area (TPSA) is 133 Å². The lowest BCUT2D eigenvalue weighted by atomic mass is 9.98. The number of hydrogen-bond acceptors (Lipinski definition) is 11. The van der Waals surface area contributed by atoms with Gasteiger partial charge in [-0.2, -0.15) is 0 Å². The number of carbonyl (C=O) groups excluding carboxylic acids is 4. The van der Waals surface area contributed by atoms with E-state index in [1.807, 2.05) is 50.0 Å². The van der Waals surface area contributed by atoms with Crippen LogP contribution in [0.15, 0.2) is 30.3 Å². The van der Waals surface area contributed by atoms with Crippen LogP contribution in [0.4, 0.5) is 0 Å². The van der Waals surface area contributed by atoms with E-state index in [9.17, 15) is 19.2 Å². The molecule has 0 amide bonds. The van der Waals surface area contributed by atoms with E-state index in [4.69, 9.17) is 32.8 Å². The van der Waals surface area contributed by atoms with Crippen molar-refractivity contribution in [3.8, 4) is 0 Å². The molecule has 1 saturated heterocycles. The predicted molar refractivity (Wildman–Crippen MR) is 127 cm³/mol. The molecule has 1 aromatic carbocycles. The van der Waals surface area contributed by atoms with Gasteiger partial charge in [0.2, 0.25) is 12.4 Å². The zero-order valence-electron chi connectivity index (χ0n) is 21.5. The van der Waals surface area contributed by atoms with Crippen molar-refractivity contribution in [3.63, 3.8) is 0 Å².